The molecule has 418 valence electrons. The number of esters is 3. The summed E-state index contributed by atoms with van der Waals surface area (Å²) in [6.07, 6.45) is 71.8. The molecule has 0 saturated carbocycles. The highest BCUT2D eigenvalue weighted by atomic mass is 16.6. The Balaban J connectivity index is 4.30. The van der Waals surface area contributed by atoms with E-state index in [1.54, 1.807) is 0 Å². The highest BCUT2D eigenvalue weighted by Gasteiger charge is 2.19. The van der Waals surface area contributed by atoms with Gasteiger partial charge < -0.3 is 14.2 Å². The molecule has 0 radical (unpaired) electrons. The fraction of sp³-hybridized carbons (Fsp3) is 0.892. The molecule has 6 heteroatoms. The molecule has 0 amide bonds. The van der Waals surface area contributed by atoms with Gasteiger partial charge in [-0.2, -0.15) is 0 Å². The van der Waals surface area contributed by atoms with Crippen molar-refractivity contribution in [2.45, 2.75) is 361 Å². The minimum Gasteiger partial charge on any atom is -0.462 e. The lowest BCUT2D eigenvalue weighted by molar-refractivity contribution is -0.167. The van der Waals surface area contributed by atoms with Crippen LogP contribution < -0.4 is 0 Å². The van der Waals surface area contributed by atoms with Crippen LogP contribution in [-0.4, -0.2) is 37.2 Å². The first-order valence-electron chi connectivity index (χ1n) is 31.8. The van der Waals surface area contributed by atoms with Gasteiger partial charge in [0.25, 0.3) is 0 Å². The first kappa shape index (κ1) is 68.9. The van der Waals surface area contributed by atoms with Crippen LogP contribution in [0.5, 0.6) is 0 Å². The summed E-state index contributed by atoms with van der Waals surface area (Å²) in [5.41, 5.74) is 0. The molecule has 1 atom stereocenters. The summed E-state index contributed by atoms with van der Waals surface area (Å²) in [5.74, 6) is -0.853. The molecule has 0 bridgehead atoms. The van der Waals surface area contributed by atoms with Crippen LogP contribution >= 0.6 is 0 Å². The number of carbonyl (C=O) groups excluding carboxylic acids is 3. The summed E-state index contributed by atoms with van der Waals surface area (Å²) in [6, 6.07) is 0. The van der Waals surface area contributed by atoms with Gasteiger partial charge in [-0.3, -0.25) is 14.4 Å². The maximum absolute atomic E-state index is 12.9. The van der Waals surface area contributed by atoms with Crippen molar-refractivity contribution in [2.75, 3.05) is 13.2 Å². The van der Waals surface area contributed by atoms with Crippen molar-refractivity contribution in [3.63, 3.8) is 0 Å². The van der Waals surface area contributed by atoms with E-state index in [1.165, 1.54) is 257 Å². The molecular weight excluding hydrogens is 877 g/mol. The van der Waals surface area contributed by atoms with E-state index in [-0.39, 0.29) is 31.1 Å². The van der Waals surface area contributed by atoms with E-state index in [1.807, 2.05) is 0 Å². The normalized spacial score (nSPS) is 12.1. The van der Waals surface area contributed by atoms with Crippen molar-refractivity contribution in [1.82, 2.24) is 0 Å². The highest BCUT2D eigenvalue weighted by molar-refractivity contribution is 5.71. The topological polar surface area (TPSA) is 78.9 Å². The minimum atomic E-state index is -0.772. The Morgan fingerprint density at radius 3 is 0.718 bits per heavy atom. The van der Waals surface area contributed by atoms with Crippen LogP contribution in [0.2, 0.25) is 0 Å². The molecule has 0 heterocycles. The third-order valence-corrected chi connectivity index (χ3v) is 14.4. The van der Waals surface area contributed by atoms with Gasteiger partial charge in [-0.15, -0.1) is 0 Å². The third kappa shape index (κ3) is 58.7. The van der Waals surface area contributed by atoms with Gasteiger partial charge in [0.2, 0.25) is 0 Å². The minimum absolute atomic E-state index is 0.0694. The van der Waals surface area contributed by atoms with Crippen LogP contribution in [0, 0.1) is 0 Å². The standard InChI is InChI=1S/C65H122O6/c1-4-7-10-13-16-19-22-25-28-30-31-32-33-35-37-40-43-46-49-52-55-58-64(67)70-61-62(60-69-63(66)57-54-51-48-45-42-39-36-27-24-21-18-15-12-9-6-3)71-65(68)59-56-53-50-47-44-41-38-34-29-26-23-20-17-14-11-8-5-2/h21,24,26,29,62H,4-20,22-23,25,27-28,30-61H2,1-3H3/b24-21-,29-26-/t62-/m1/s1. The molecule has 0 aliphatic carbocycles. The first-order chi connectivity index (χ1) is 35.0. The van der Waals surface area contributed by atoms with Crippen LogP contribution in [0.3, 0.4) is 0 Å². The van der Waals surface area contributed by atoms with E-state index >= 15 is 0 Å². The molecule has 0 aromatic rings. The van der Waals surface area contributed by atoms with Gasteiger partial charge in [-0.05, 0) is 70.6 Å². The summed E-state index contributed by atoms with van der Waals surface area (Å²) in [5, 5.41) is 0. The fourth-order valence-corrected chi connectivity index (χ4v) is 9.61. The Bertz CT molecular complexity index is 1150. The van der Waals surface area contributed by atoms with Crippen molar-refractivity contribution in [2.24, 2.45) is 0 Å². The second kappa shape index (κ2) is 60.4. The van der Waals surface area contributed by atoms with E-state index in [4.69, 9.17) is 14.2 Å². The van der Waals surface area contributed by atoms with Gasteiger partial charge in [-0.1, -0.05) is 289 Å². The average molecular weight is 1000 g/mol. The Hall–Kier alpha value is -2.11. The maximum Gasteiger partial charge on any atom is 0.306 e. The average Bonchev–Trinajstić information content (AvgIpc) is 3.37. The molecule has 0 saturated heterocycles. The van der Waals surface area contributed by atoms with Crippen LogP contribution in [0.15, 0.2) is 24.3 Å². The van der Waals surface area contributed by atoms with Crippen LogP contribution in [0.4, 0.5) is 0 Å². The molecule has 0 rings (SSSR count). The van der Waals surface area contributed by atoms with Crippen molar-refractivity contribution in [1.29, 1.82) is 0 Å². The summed E-state index contributed by atoms with van der Waals surface area (Å²) < 4.78 is 16.9. The summed E-state index contributed by atoms with van der Waals surface area (Å²) in [7, 11) is 0. The smallest absolute Gasteiger partial charge is 0.306 e. The first-order valence-corrected chi connectivity index (χ1v) is 31.8. The maximum atomic E-state index is 12.9. The zero-order valence-corrected chi connectivity index (χ0v) is 48.0. The Morgan fingerprint density at radius 2 is 0.465 bits per heavy atom. The van der Waals surface area contributed by atoms with Crippen molar-refractivity contribution >= 4 is 17.9 Å². The largest absolute Gasteiger partial charge is 0.462 e. The number of ether oxygens (including phenoxy) is 3. The molecule has 0 unspecified atom stereocenters. The molecule has 0 aromatic carbocycles. The van der Waals surface area contributed by atoms with E-state index < -0.39 is 6.10 Å². The monoisotopic (exact) mass is 999 g/mol. The number of carbonyl (C=O) groups is 3. The second-order valence-corrected chi connectivity index (χ2v) is 21.7. The number of allylic oxidation sites excluding steroid dienone is 4. The Morgan fingerprint density at radius 1 is 0.268 bits per heavy atom. The van der Waals surface area contributed by atoms with Crippen molar-refractivity contribution in [3.05, 3.63) is 24.3 Å². The molecule has 0 fully saturated rings. The third-order valence-electron chi connectivity index (χ3n) is 14.4. The molecule has 0 aromatic heterocycles. The molecule has 71 heavy (non-hydrogen) atoms. The molecular formula is C65H122O6. The van der Waals surface area contributed by atoms with E-state index in [0.717, 1.165) is 57.8 Å². The summed E-state index contributed by atoms with van der Waals surface area (Å²) >= 11 is 0. The fourth-order valence-electron chi connectivity index (χ4n) is 9.61. The van der Waals surface area contributed by atoms with E-state index in [0.29, 0.717) is 19.3 Å². The van der Waals surface area contributed by atoms with Gasteiger partial charge >= 0.3 is 17.9 Å². The van der Waals surface area contributed by atoms with Crippen LogP contribution in [0.25, 0.3) is 0 Å². The molecule has 0 N–H and O–H groups in total. The lowest BCUT2D eigenvalue weighted by Gasteiger charge is -2.18. The van der Waals surface area contributed by atoms with E-state index in [2.05, 4.69) is 45.1 Å². The lowest BCUT2D eigenvalue weighted by atomic mass is 10.0. The van der Waals surface area contributed by atoms with Crippen LogP contribution in [-0.2, 0) is 28.6 Å². The van der Waals surface area contributed by atoms with E-state index in [9.17, 15) is 14.4 Å². The predicted octanol–water partition coefficient (Wildman–Crippen LogP) is 21.4. The number of unbranched alkanes of at least 4 members (excludes halogenated alkanes) is 44. The summed E-state index contributed by atoms with van der Waals surface area (Å²) in [6.45, 7) is 6.68. The highest BCUT2D eigenvalue weighted by Crippen LogP contribution is 2.18. The van der Waals surface area contributed by atoms with Crippen LogP contribution in [0.1, 0.15) is 355 Å². The second-order valence-electron chi connectivity index (χ2n) is 21.7. The van der Waals surface area contributed by atoms with Gasteiger partial charge in [0, 0.05) is 19.3 Å². The number of rotatable bonds is 59. The SMILES string of the molecule is CCCCCC/C=C\CCCCCCCCCC(=O)OC[C@H](COC(=O)CCCCCCCCCCCCCCCCCCCCCCC)OC(=O)CCCCCCCCC/C=C\CCCCCCCC. The summed E-state index contributed by atoms with van der Waals surface area (Å²) in [4.78, 5) is 38.3. The zero-order valence-electron chi connectivity index (χ0n) is 48.0. The Kier molecular flexibility index (Phi) is 58.6. The van der Waals surface area contributed by atoms with Crippen molar-refractivity contribution < 1.29 is 28.6 Å². The lowest BCUT2D eigenvalue weighted by Crippen LogP contribution is -2.30. The number of hydrogen-bond donors (Lipinski definition) is 0. The zero-order chi connectivity index (χ0) is 51.4. The quantitative estimate of drug-likeness (QED) is 0.0261. The van der Waals surface area contributed by atoms with Gasteiger partial charge in [0.05, 0.1) is 0 Å². The van der Waals surface area contributed by atoms with Gasteiger partial charge in [-0.25, -0.2) is 0 Å². The molecule has 0 aliphatic rings. The predicted molar refractivity (Wildman–Crippen MR) is 307 cm³/mol. The molecule has 0 spiro atoms. The molecule has 0 aliphatic heterocycles. The van der Waals surface area contributed by atoms with Gasteiger partial charge in [0.15, 0.2) is 6.10 Å². The number of hydrogen-bond acceptors (Lipinski definition) is 6. The van der Waals surface area contributed by atoms with Gasteiger partial charge in [0.1, 0.15) is 13.2 Å². The van der Waals surface area contributed by atoms with Crippen molar-refractivity contribution in [3.8, 4) is 0 Å². The Labute approximate surface area is 443 Å². The molecule has 6 nitrogen and oxygen atoms in total.